The highest BCUT2D eigenvalue weighted by Gasteiger charge is 2.33. The summed E-state index contributed by atoms with van der Waals surface area (Å²) in [6.45, 7) is 0. The standard InChI is InChI=1S/C19H26N2O3/c22-17-11-5-3-9-15(17)20-13-7-1-2-8-14(13)21(19(20)24)16-10-4-6-12-18(16)23/h1-2,7-8,15-18,22-23H,3-6,9-12H2. The van der Waals surface area contributed by atoms with Gasteiger partial charge in [0.15, 0.2) is 0 Å². The fourth-order valence-corrected chi connectivity index (χ4v) is 4.62. The van der Waals surface area contributed by atoms with Crippen molar-refractivity contribution in [3.05, 3.63) is 34.7 Å². The van der Waals surface area contributed by atoms with Crippen LogP contribution in [-0.2, 0) is 0 Å². The van der Waals surface area contributed by atoms with E-state index < -0.39 is 12.2 Å². The van der Waals surface area contributed by atoms with E-state index in [4.69, 9.17) is 0 Å². The van der Waals surface area contributed by atoms with Crippen LogP contribution in [0.4, 0.5) is 0 Å². The summed E-state index contributed by atoms with van der Waals surface area (Å²) in [5, 5.41) is 20.9. The minimum absolute atomic E-state index is 0.0758. The first-order chi connectivity index (χ1) is 11.7. The van der Waals surface area contributed by atoms with Gasteiger partial charge in [0.25, 0.3) is 0 Å². The van der Waals surface area contributed by atoms with Gasteiger partial charge >= 0.3 is 5.69 Å². The zero-order valence-corrected chi connectivity index (χ0v) is 14.0. The van der Waals surface area contributed by atoms with Gasteiger partial charge in [-0.15, -0.1) is 0 Å². The molecule has 1 aromatic carbocycles. The number of hydrogen-bond acceptors (Lipinski definition) is 3. The van der Waals surface area contributed by atoms with Crippen LogP contribution in [0.3, 0.4) is 0 Å². The number of imidazole rings is 1. The molecule has 2 aromatic rings. The Morgan fingerprint density at radius 3 is 1.58 bits per heavy atom. The topological polar surface area (TPSA) is 67.4 Å². The lowest BCUT2D eigenvalue weighted by molar-refractivity contribution is 0.0672. The Morgan fingerprint density at radius 1 is 0.750 bits per heavy atom. The van der Waals surface area contributed by atoms with Crippen molar-refractivity contribution >= 4 is 11.0 Å². The van der Waals surface area contributed by atoms with Crippen LogP contribution in [0.5, 0.6) is 0 Å². The molecule has 2 N–H and O–H groups in total. The zero-order chi connectivity index (χ0) is 16.7. The lowest BCUT2D eigenvalue weighted by Gasteiger charge is -2.30. The van der Waals surface area contributed by atoms with E-state index in [1.54, 1.807) is 9.13 Å². The van der Waals surface area contributed by atoms with Crippen molar-refractivity contribution in [2.45, 2.75) is 75.7 Å². The lowest BCUT2D eigenvalue weighted by atomic mass is 9.92. The summed E-state index contributed by atoms with van der Waals surface area (Å²) in [6, 6.07) is 7.49. The molecule has 0 radical (unpaired) electrons. The van der Waals surface area contributed by atoms with Crippen molar-refractivity contribution in [1.29, 1.82) is 0 Å². The third-order valence-corrected chi connectivity index (χ3v) is 5.86. The molecule has 4 rings (SSSR count). The number of hydrogen-bond donors (Lipinski definition) is 2. The van der Waals surface area contributed by atoms with Gasteiger partial charge in [0, 0.05) is 0 Å². The number of fused-ring (bicyclic) bond motifs is 1. The van der Waals surface area contributed by atoms with Crippen LogP contribution in [0.2, 0.25) is 0 Å². The molecule has 0 saturated heterocycles. The van der Waals surface area contributed by atoms with Crippen molar-refractivity contribution in [2.24, 2.45) is 0 Å². The molecule has 2 saturated carbocycles. The number of para-hydroxylation sites is 2. The van der Waals surface area contributed by atoms with Gasteiger partial charge in [-0.1, -0.05) is 37.8 Å². The molecule has 4 unspecified atom stereocenters. The Hall–Kier alpha value is -1.59. The highest BCUT2D eigenvalue weighted by atomic mass is 16.3. The molecule has 24 heavy (non-hydrogen) atoms. The molecular formula is C19H26N2O3. The van der Waals surface area contributed by atoms with Crippen LogP contribution in [-0.4, -0.2) is 31.6 Å². The van der Waals surface area contributed by atoms with E-state index in [-0.39, 0.29) is 17.8 Å². The van der Waals surface area contributed by atoms with Gasteiger partial charge in [-0.2, -0.15) is 0 Å². The molecule has 5 nitrogen and oxygen atoms in total. The number of rotatable bonds is 2. The molecule has 4 atom stereocenters. The highest BCUT2D eigenvalue weighted by Crippen LogP contribution is 2.34. The summed E-state index contributed by atoms with van der Waals surface area (Å²) < 4.78 is 3.58. The van der Waals surface area contributed by atoms with E-state index in [0.29, 0.717) is 0 Å². The second-order valence-electron chi connectivity index (χ2n) is 7.35. The lowest BCUT2D eigenvalue weighted by Crippen LogP contribution is -2.39. The fraction of sp³-hybridized carbons (Fsp3) is 0.632. The predicted molar refractivity (Wildman–Crippen MR) is 93.2 cm³/mol. The molecule has 2 fully saturated rings. The Labute approximate surface area is 141 Å². The maximum absolute atomic E-state index is 13.3. The van der Waals surface area contributed by atoms with E-state index in [0.717, 1.165) is 62.4 Å². The van der Waals surface area contributed by atoms with Crippen molar-refractivity contribution in [3.63, 3.8) is 0 Å². The van der Waals surface area contributed by atoms with E-state index in [2.05, 4.69) is 0 Å². The average Bonchev–Trinajstić information content (AvgIpc) is 2.88. The molecule has 2 aliphatic carbocycles. The number of benzene rings is 1. The van der Waals surface area contributed by atoms with E-state index in [1.165, 1.54) is 0 Å². The average molecular weight is 330 g/mol. The van der Waals surface area contributed by atoms with E-state index in [1.807, 2.05) is 24.3 Å². The Kier molecular flexibility index (Phi) is 4.22. The minimum Gasteiger partial charge on any atom is -0.391 e. The molecule has 0 aliphatic heterocycles. The van der Waals surface area contributed by atoms with Gasteiger partial charge < -0.3 is 10.2 Å². The molecule has 5 heteroatoms. The smallest absolute Gasteiger partial charge is 0.329 e. The van der Waals surface area contributed by atoms with Gasteiger partial charge in [0.2, 0.25) is 0 Å². The maximum Gasteiger partial charge on any atom is 0.329 e. The second kappa shape index (κ2) is 6.37. The first kappa shape index (κ1) is 15.9. The van der Waals surface area contributed by atoms with Crippen LogP contribution in [0.25, 0.3) is 11.0 Å². The van der Waals surface area contributed by atoms with Crippen LogP contribution >= 0.6 is 0 Å². The SMILES string of the molecule is O=c1n(C2CCCCC2O)c2ccccc2n1C1CCCCC1O. The van der Waals surface area contributed by atoms with Crippen LogP contribution < -0.4 is 5.69 Å². The predicted octanol–water partition coefficient (Wildman–Crippen LogP) is 2.76. The molecule has 2 aliphatic rings. The zero-order valence-electron chi connectivity index (χ0n) is 14.0. The molecule has 130 valence electrons. The largest absolute Gasteiger partial charge is 0.391 e. The highest BCUT2D eigenvalue weighted by molar-refractivity contribution is 5.76. The van der Waals surface area contributed by atoms with Gasteiger partial charge in [-0.3, -0.25) is 9.13 Å². The Bertz CT molecular complexity index is 717. The number of aliphatic hydroxyl groups is 2. The first-order valence-corrected chi connectivity index (χ1v) is 9.26. The molecule has 0 bridgehead atoms. The van der Waals surface area contributed by atoms with Gasteiger partial charge in [-0.05, 0) is 37.8 Å². The monoisotopic (exact) mass is 330 g/mol. The van der Waals surface area contributed by atoms with Crippen LogP contribution in [0.1, 0.15) is 63.5 Å². The molecule has 0 spiro atoms. The maximum atomic E-state index is 13.3. The third-order valence-electron chi connectivity index (χ3n) is 5.86. The third kappa shape index (κ3) is 2.50. The summed E-state index contributed by atoms with van der Waals surface area (Å²) in [5.74, 6) is 0. The van der Waals surface area contributed by atoms with Gasteiger partial charge in [-0.25, -0.2) is 4.79 Å². The summed E-state index contributed by atoms with van der Waals surface area (Å²) in [6.07, 6.45) is 6.37. The van der Waals surface area contributed by atoms with E-state index >= 15 is 0 Å². The molecule has 1 heterocycles. The van der Waals surface area contributed by atoms with Crippen LogP contribution in [0, 0.1) is 0 Å². The van der Waals surface area contributed by atoms with E-state index in [9.17, 15) is 15.0 Å². The number of nitrogens with zero attached hydrogens (tertiary/aromatic N) is 2. The summed E-state index contributed by atoms with van der Waals surface area (Å²) >= 11 is 0. The van der Waals surface area contributed by atoms with Crippen molar-refractivity contribution < 1.29 is 10.2 Å². The summed E-state index contributed by atoms with van der Waals surface area (Å²) in [7, 11) is 0. The minimum atomic E-state index is -0.466. The van der Waals surface area contributed by atoms with Crippen molar-refractivity contribution in [2.75, 3.05) is 0 Å². The Balaban J connectivity index is 1.89. The van der Waals surface area contributed by atoms with Crippen molar-refractivity contribution in [1.82, 2.24) is 9.13 Å². The molecular weight excluding hydrogens is 304 g/mol. The van der Waals surface area contributed by atoms with Gasteiger partial charge in [0.1, 0.15) is 0 Å². The normalized spacial score (nSPS) is 31.4. The quantitative estimate of drug-likeness (QED) is 0.890. The second-order valence-corrected chi connectivity index (χ2v) is 7.35. The number of aliphatic hydroxyl groups excluding tert-OH is 2. The molecule has 0 amide bonds. The van der Waals surface area contributed by atoms with Gasteiger partial charge in [0.05, 0.1) is 35.3 Å². The number of aromatic nitrogens is 2. The first-order valence-electron chi connectivity index (χ1n) is 9.26. The summed E-state index contributed by atoms with van der Waals surface area (Å²) in [5.41, 5.74) is 1.69. The van der Waals surface area contributed by atoms with Crippen molar-refractivity contribution in [3.8, 4) is 0 Å². The molecule has 1 aromatic heterocycles. The fourth-order valence-electron chi connectivity index (χ4n) is 4.62. The summed E-state index contributed by atoms with van der Waals surface area (Å²) in [4.78, 5) is 13.3. The Morgan fingerprint density at radius 2 is 1.17 bits per heavy atom. The van der Waals surface area contributed by atoms with Crippen LogP contribution in [0.15, 0.2) is 29.1 Å².